The van der Waals surface area contributed by atoms with Gasteiger partial charge in [0.1, 0.15) is 5.82 Å². The van der Waals surface area contributed by atoms with Gasteiger partial charge in [0.05, 0.1) is 4.47 Å². The van der Waals surface area contributed by atoms with Crippen LogP contribution >= 0.6 is 15.9 Å². The topological polar surface area (TPSA) is 64.9 Å². The quantitative estimate of drug-likeness (QED) is 0.760. The van der Waals surface area contributed by atoms with E-state index in [1.165, 1.54) is 0 Å². The summed E-state index contributed by atoms with van der Waals surface area (Å²) in [5, 5.41) is 0. The molecule has 0 saturated heterocycles. The lowest BCUT2D eigenvalue weighted by Gasteiger charge is -1.99. The van der Waals surface area contributed by atoms with Crippen molar-refractivity contribution in [1.29, 1.82) is 0 Å². The van der Waals surface area contributed by atoms with Crippen LogP contribution in [0.3, 0.4) is 0 Å². The summed E-state index contributed by atoms with van der Waals surface area (Å²) in [7, 11) is 0. The number of nitrogens with two attached hydrogens (primary N) is 2. The molecule has 3 nitrogen and oxygen atoms in total. The van der Waals surface area contributed by atoms with Crippen molar-refractivity contribution in [3.05, 3.63) is 22.3 Å². The predicted molar refractivity (Wildman–Crippen MR) is 64.0 cm³/mol. The van der Waals surface area contributed by atoms with Crippen LogP contribution < -0.4 is 11.5 Å². The third kappa shape index (κ3) is 2.71. The zero-order valence-electron chi connectivity index (χ0n) is 8.26. The molecular formula is C11H12BrN3. The van der Waals surface area contributed by atoms with E-state index in [1.54, 1.807) is 6.20 Å². The minimum atomic E-state index is -0.00846. The number of halogens is 1. The van der Waals surface area contributed by atoms with Crippen molar-refractivity contribution < 1.29 is 0 Å². The van der Waals surface area contributed by atoms with Crippen molar-refractivity contribution in [1.82, 2.24) is 4.98 Å². The Hall–Kier alpha value is -1.05. The van der Waals surface area contributed by atoms with Gasteiger partial charge in [-0.1, -0.05) is 11.8 Å². The van der Waals surface area contributed by atoms with Gasteiger partial charge >= 0.3 is 0 Å². The van der Waals surface area contributed by atoms with Crippen molar-refractivity contribution in [2.45, 2.75) is 24.8 Å². The molecule has 0 atom stereocenters. The molecule has 0 unspecified atom stereocenters. The highest BCUT2D eigenvalue weighted by Gasteiger charge is 2.36. The first kappa shape index (κ1) is 10.5. The van der Waals surface area contributed by atoms with Gasteiger partial charge in [-0.3, -0.25) is 0 Å². The minimum absolute atomic E-state index is 0.00846. The van der Waals surface area contributed by atoms with Crippen molar-refractivity contribution in [2.24, 2.45) is 5.73 Å². The maximum Gasteiger partial charge on any atom is 0.137 e. The number of hydrogen-bond donors (Lipinski definition) is 2. The lowest BCUT2D eigenvalue weighted by atomic mass is 10.2. The Morgan fingerprint density at radius 2 is 2.27 bits per heavy atom. The molecule has 0 radical (unpaired) electrons. The van der Waals surface area contributed by atoms with Crippen LogP contribution in [0.15, 0.2) is 16.7 Å². The Morgan fingerprint density at radius 1 is 1.53 bits per heavy atom. The van der Waals surface area contributed by atoms with Crippen LogP contribution in [0.5, 0.6) is 0 Å². The zero-order chi connectivity index (χ0) is 10.9. The Kier molecular flexibility index (Phi) is 2.68. The first-order valence-electron chi connectivity index (χ1n) is 4.78. The van der Waals surface area contributed by atoms with E-state index in [-0.39, 0.29) is 5.54 Å². The third-order valence-electron chi connectivity index (χ3n) is 2.44. The molecule has 0 amide bonds. The summed E-state index contributed by atoms with van der Waals surface area (Å²) in [6, 6.07) is 1.87. The average molecular weight is 266 g/mol. The fourth-order valence-electron chi connectivity index (χ4n) is 1.18. The molecule has 1 aliphatic rings. The Labute approximate surface area is 97.4 Å². The summed E-state index contributed by atoms with van der Waals surface area (Å²) in [5.74, 6) is 6.59. The van der Waals surface area contributed by atoms with Crippen LogP contribution in [0.1, 0.15) is 24.8 Å². The van der Waals surface area contributed by atoms with Gasteiger partial charge in [-0.15, -0.1) is 0 Å². The van der Waals surface area contributed by atoms with Crippen molar-refractivity contribution in [2.75, 3.05) is 5.73 Å². The van der Waals surface area contributed by atoms with Gasteiger partial charge < -0.3 is 11.5 Å². The maximum absolute atomic E-state index is 5.92. The van der Waals surface area contributed by atoms with E-state index in [0.717, 1.165) is 29.3 Å². The number of aromatic nitrogens is 1. The summed E-state index contributed by atoms with van der Waals surface area (Å²) in [4.78, 5) is 4.01. The standard InChI is InChI=1S/C11H12BrN3/c12-9-6-8(7-15-10(9)13)2-1-3-11(14)4-5-11/h6-7H,3-5,14H2,(H2,13,15). The van der Waals surface area contributed by atoms with Crippen LogP contribution in [0.4, 0.5) is 5.82 Å². The van der Waals surface area contributed by atoms with Crippen molar-refractivity contribution >= 4 is 21.7 Å². The number of rotatable bonds is 1. The van der Waals surface area contributed by atoms with Gasteiger partial charge in [-0.25, -0.2) is 4.98 Å². The summed E-state index contributed by atoms with van der Waals surface area (Å²) >= 11 is 3.31. The van der Waals surface area contributed by atoms with Crippen molar-refractivity contribution in [3.63, 3.8) is 0 Å². The van der Waals surface area contributed by atoms with E-state index in [9.17, 15) is 0 Å². The van der Waals surface area contributed by atoms with Crippen LogP contribution in [-0.2, 0) is 0 Å². The molecule has 4 heteroatoms. The van der Waals surface area contributed by atoms with Gasteiger partial charge in [0.15, 0.2) is 0 Å². The van der Waals surface area contributed by atoms with Gasteiger partial charge in [0, 0.05) is 23.7 Å². The Morgan fingerprint density at radius 3 is 2.87 bits per heavy atom. The van der Waals surface area contributed by atoms with E-state index in [1.807, 2.05) is 6.07 Å². The highest BCUT2D eigenvalue weighted by atomic mass is 79.9. The fraction of sp³-hybridized carbons (Fsp3) is 0.364. The SMILES string of the molecule is Nc1ncc(C#CCC2(N)CC2)cc1Br. The normalized spacial score (nSPS) is 16.7. The molecule has 0 spiro atoms. The molecule has 1 aromatic rings. The van der Waals surface area contributed by atoms with Crippen LogP contribution in [-0.4, -0.2) is 10.5 Å². The summed E-state index contributed by atoms with van der Waals surface area (Å²) in [6.45, 7) is 0. The van der Waals surface area contributed by atoms with E-state index in [0.29, 0.717) is 5.82 Å². The Balaban J connectivity index is 2.06. The maximum atomic E-state index is 5.92. The predicted octanol–water partition coefficient (Wildman–Crippen LogP) is 1.66. The third-order valence-corrected chi connectivity index (χ3v) is 3.07. The van der Waals surface area contributed by atoms with Gasteiger partial charge in [0.25, 0.3) is 0 Å². The van der Waals surface area contributed by atoms with E-state index in [4.69, 9.17) is 11.5 Å². The number of hydrogen-bond acceptors (Lipinski definition) is 3. The first-order valence-corrected chi connectivity index (χ1v) is 5.57. The summed E-state index contributed by atoms with van der Waals surface area (Å²) in [5.41, 5.74) is 12.3. The van der Waals surface area contributed by atoms with Gasteiger partial charge in [-0.2, -0.15) is 0 Å². The molecule has 1 fully saturated rings. The molecule has 1 aliphatic carbocycles. The molecule has 1 saturated carbocycles. The molecule has 4 N–H and O–H groups in total. The van der Waals surface area contributed by atoms with Crippen LogP contribution in [0.25, 0.3) is 0 Å². The monoisotopic (exact) mass is 265 g/mol. The number of anilines is 1. The summed E-state index contributed by atoms with van der Waals surface area (Å²) in [6.07, 6.45) is 4.61. The molecule has 0 aromatic carbocycles. The molecule has 0 aliphatic heterocycles. The molecule has 1 aromatic heterocycles. The molecular weight excluding hydrogens is 254 g/mol. The highest BCUT2D eigenvalue weighted by molar-refractivity contribution is 9.10. The molecule has 2 rings (SSSR count). The second-order valence-electron chi connectivity index (χ2n) is 3.93. The lowest BCUT2D eigenvalue weighted by Crippen LogP contribution is -2.20. The number of pyridine rings is 1. The van der Waals surface area contributed by atoms with Crippen LogP contribution in [0.2, 0.25) is 0 Å². The molecule has 15 heavy (non-hydrogen) atoms. The first-order chi connectivity index (χ1) is 7.09. The van der Waals surface area contributed by atoms with E-state index < -0.39 is 0 Å². The minimum Gasteiger partial charge on any atom is -0.383 e. The smallest absolute Gasteiger partial charge is 0.137 e. The van der Waals surface area contributed by atoms with E-state index >= 15 is 0 Å². The van der Waals surface area contributed by atoms with Crippen molar-refractivity contribution in [3.8, 4) is 11.8 Å². The second kappa shape index (κ2) is 3.84. The largest absolute Gasteiger partial charge is 0.383 e. The fourth-order valence-corrected chi connectivity index (χ4v) is 1.53. The number of nitrogens with zero attached hydrogens (tertiary/aromatic N) is 1. The molecule has 1 heterocycles. The van der Waals surface area contributed by atoms with Crippen LogP contribution in [0, 0.1) is 11.8 Å². The van der Waals surface area contributed by atoms with Gasteiger partial charge in [0.2, 0.25) is 0 Å². The Bertz CT molecular complexity index is 441. The number of nitrogen functional groups attached to an aromatic ring is 1. The molecule has 78 valence electrons. The summed E-state index contributed by atoms with van der Waals surface area (Å²) < 4.78 is 0.781. The zero-order valence-corrected chi connectivity index (χ0v) is 9.84. The van der Waals surface area contributed by atoms with Gasteiger partial charge in [-0.05, 0) is 34.8 Å². The molecule has 0 bridgehead atoms. The lowest BCUT2D eigenvalue weighted by molar-refractivity contribution is 0.701. The average Bonchev–Trinajstić information content (AvgIpc) is 2.90. The van der Waals surface area contributed by atoms with E-state index in [2.05, 4.69) is 32.8 Å². The highest BCUT2D eigenvalue weighted by Crippen LogP contribution is 2.34. The second-order valence-corrected chi connectivity index (χ2v) is 4.79.